The summed E-state index contributed by atoms with van der Waals surface area (Å²) in [6.45, 7) is 1.47. The van der Waals surface area contributed by atoms with Crippen molar-refractivity contribution in [2.75, 3.05) is 6.61 Å². The molecular weight excluding hydrogens is 250 g/mol. The molecule has 0 saturated carbocycles. The molecule has 0 heterocycles. The quantitative estimate of drug-likeness (QED) is 0.416. The number of nitrogens with zero attached hydrogens (tertiary/aromatic N) is 1. The Morgan fingerprint density at radius 3 is 2.68 bits per heavy atom. The van der Waals surface area contributed by atoms with Crippen molar-refractivity contribution >= 4 is 17.6 Å². The SMILES string of the molecule is CC/C(=N\O)c1ccccc1OCC(=O)NC(N)=O. The monoisotopic (exact) mass is 265 g/mol. The number of hydrogen-bond acceptors (Lipinski definition) is 5. The van der Waals surface area contributed by atoms with Crippen molar-refractivity contribution in [3.8, 4) is 5.75 Å². The van der Waals surface area contributed by atoms with Crippen LogP contribution in [0.5, 0.6) is 5.75 Å². The van der Waals surface area contributed by atoms with Gasteiger partial charge in [-0.1, -0.05) is 24.2 Å². The van der Waals surface area contributed by atoms with E-state index >= 15 is 0 Å². The molecule has 0 unspecified atom stereocenters. The van der Waals surface area contributed by atoms with Gasteiger partial charge in [0, 0.05) is 5.56 Å². The second-order valence-electron chi connectivity index (χ2n) is 3.60. The van der Waals surface area contributed by atoms with Crippen LogP contribution >= 0.6 is 0 Å². The molecule has 0 aliphatic rings. The van der Waals surface area contributed by atoms with Crippen LogP contribution in [-0.4, -0.2) is 29.5 Å². The minimum Gasteiger partial charge on any atom is -0.483 e. The smallest absolute Gasteiger partial charge is 0.318 e. The standard InChI is InChI=1S/C12H15N3O4/c1-2-9(15-18)8-5-3-4-6-10(8)19-7-11(16)14-12(13)17/h3-6,18H,2,7H2,1H3,(H3,13,14,16,17)/b15-9+. The first-order valence-electron chi connectivity index (χ1n) is 5.60. The maximum atomic E-state index is 11.2. The van der Waals surface area contributed by atoms with Crippen LogP contribution in [0.3, 0.4) is 0 Å². The predicted molar refractivity (Wildman–Crippen MR) is 68.3 cm³/mol. The molecule has 7 heteroatoms. The van der Waals surface area contributed by atoms with Gasteiger partial charge in [-0.15, -0.1) is 0 Å². The second-order valence-corrected chi connectivity index (χ2v) is 3.60. The van der Waals surface area contributed by atoms with Crippen molar-refractivity contribution < 1.29 is 19.5 Å². The second kappa shape index (κ2) is 7.00. The molecule has 0 fully saturated rings. The summed E-state index contributed by atoms with van der Waals surface area (Å²) in [5.41, 5.74) is 5.82. The van der Waals surface area contributed by atoms with Crippen LogP contribution in [0.25, 0.3) is 0 Å². The Morgan fingerprint density at radius 2 is 2.11 bits per heavy atom. The molecule has 1 aromatic carbocycles. The maximum Gasteiger partial charge on any atom is 0.318 e. The zero-order valence-electron chi connectivity index (χ0n) is 10.4. The van der Waals surface area contributed by atoms with Gasteiger partial charge in [0.2, 0.25) is 0 Å². The summed E-state index contributed by atoms with van der Waals surface area (Å²) in [6.07, 6.45) is 0.504. The van der Waals surface area contributed by atoms with E-state index < -0.39 is 11.9 Å². The van der Waals surface area contributed by atoms with Crippen molar-refractivity contribution in [3.63, 3.8) is 0 Å². The zero-order chi connectivity index (χ0) is 14.3. The maximum absolute atomic E-state index is 11.2. The van der Waals surface area contributed by atoms with Crippen LogP contribution in [0, 0.1) is 0 Å². The molecule has 0 bridgehead atoms. The number of carbonyl (C=O) groups is 2. The number of nitrogens with one attached hydrogen (secondary N) is 1. The molecule has 1 rings (SSSR count). The third-order valence-electron chi connectivity index (χ3n) is 2.27. The lowest BCUT2D eigenvalue weighted by molar-refractivity contribution is -0.121. The Balaban J connectivity index is 2.79. The Kier molecular flexibility index (Phi) is 5.34. The molecule has 4 N–H and O–H groups in total. The summed E-state index contributed by atoms with van der Waals surface area (Å²) in [5.74, 6) is -0.266. The van der Waals surface area contributed by atoms with Gasteiger partial charge < -0.3 is 15.7 Å². The summed E-state index contributed by atoms with van der Waals surface area (Å²) in [4.78, 5) is 21.7. The van der Waals surface area contributed by atoms with Crippen molar-refractivity contribution in [3.05, 3.63) is 29.8 Å². The highest BCUT2D eigenvalue weighted by atomic mass is 16.5. The van der Waals surface area contributed by atoms with E-state index in [9.17, 15) is 9.59 Å². The minimum absolute atomic E-state index is 0.359. The number of primary amides is 1. The van der Waals surface area contributed by atoms with Crippen LogP contribution in [0.4, 0.5) is 4.79 Å². The lowest BCUT2D eigenvalue weighted by Gasteiger charge is -2.10. The van der Waals surface area contributed by atoms with Crippen LogP contribution in [0.2, 0.25) is 0 Å². The summed E-state index contributed by atoms with van der Waals surface area (Å²) in [5, 5.41) is 14.0. The number of ether oxygens (including phenoxy) is 1. The highest BCUT2D eigenvalue weighted by molar-refractivity contribution is 6.02. The van der Waals surface area contributed by atoms with E-state index in [1.165, 1.54) is 0 Å². The summed E-state index contributed by atoms with van der Waals surface area (Å²) >= 11 is 0. The number of amides is 3. The minimum atomic E-state index is -0.937. The number of benzene rings is 1. The lowest BCUT2D eigenvalue weighted by atomic mass is 10.1. The van der Waals surface area contributed by atoms with Crippen molar-refractivity contribution in [1.29, 1.82) is 0 Å². The zero-order valence-corrected chi connectivity index (χ0v) is 10.4. The largest absolute Gasteiger partial charge is 0.483 e. The average molecular weight is 265 g/mol. The fourth-order valence-electron chi connectivity index (χ4n) is 1.46. The van der Waals surface area contributed by atoms with Gasteiger partial charge >= 0.3 is 6.03 Å². The molecule has 0 saturated heterocycles. The topological polar surface area (TPSA) is 114 Å². The summed E-state index contributed by atoms with van der Waals surface area (Å²) in [6, 6.07) is 5.88. The van der Waals surface area contributed by atoms with Gasteiger partial charge in [-0.25, -0.2) is 4.79 Å². The Morgan fingerprint density at radius 1 is 1.42 bits per heavy atom. The number of imide groups is 1. The van der Waals surface area contributed by atoms with E-state index in [0.717, 1.165) is 0 Å². The van der Waals surface area contributed by atoms with E-state index in [1.54, 1.807) is 24.3 Å². The number of carbonyl (C=O) groups excluding carboxylic acids is 2. The number of oxime groups is 1. The van der Waals surface area contributed by atoms with Gasteiger partial charge in [0.1, 0.15) is 5.75 Å². The lowest BCUT2D eigenvalue weighted by Crippen LogP contribution is -2.38. The van der Waals surface area contributed by atoms with Gasteiger partial charge in [0.05, 0.1) is 5.71 Å². The van der Waals surface area contributed by atoms with Gasteiger partial charge in [0.15, 0.2) is 6.61 Å². The Hall–Kier alpha value is -2.57. The van der Waals surface area contributed by atoms with Crippen LogP contribution < -0.4 is 15.8 Å². The van der Waals surface area contributed by atoms with E-state index in [4.69, 9.17) is 15.7 Å². The molecule has 3 amide bonds. The van der Waals surface area contributed by atoms with Crippen LogP contribution in [0.1, 0.15) is 18.9 Å². The van der Waals surface area contributed by atoms with Gasteiger partial charge in [-0.05, 0) is 18.6 Å². The van der Waals surface area contributed by atoms with Gasteiger partial charge in [0.25, 0.3) is 5.91 Å². The third-order valence-corrected chi connectivity index (χ3v) is 2.27. The number of rotatable bonds is 5. The molecule has 0 spiro atoms. The predicted octanol–water partition coefficient (Wildman–Crippen LogP) is 0.849. The fraction of sp³-hybridized carbons (Fsp3) is 0.250. The van der Waals surface area contributed by atoms with Crippen LogP contribution in [0.15, 0.2) is 29.4 Å². The first kappa shape index (κ1) is 14.5. The van der Waals surface area contributed by atoms with Gasteiger partial charge in [-0.2, -0.15) is 0 Å². The third kappa shape index (κ3) is 4.30. The highest BCUT2D eigenvalue weighted by Crippen LogP contribution is 2.20. The molecule has 19 heavy (non-hydrogen) atoms. The molecule has 0 aliphatic heterocycles. The number of hydrogen-bond donors (Lipinski definition) is 3. The van der Waals surface area contributed by atoms with Crippen molar-refractivity contribution in [2.24, 2.45) is 10.9 Å². The van der Waals surface area contributed by atoms with E-state index in [0.29, 0.717) is 23.4 Å². The first-order valence-corrected chi connectivity index (χ1v) is 5.60. The number of urea groups is 1. The molecule has 1 aromatic rings. The van der Waals surface area contributed by atoms with Crippen LogP contribution in [-0.2, 0) is 4.79 Å². The Labute approximate surface area is 110 Å². The summed E-state index contributed by atoms with van der Waals surface area (Å²) in [7, 11) is 0. The van der Waals surface area contributed by atoms with Gasteiger partial charge in [-0.3, -0.25) is 10.1 Å². The molecular formula is C12H15N3O4. The van der Waals surface area contributed by atoms with Crippen molar-refractivity contribution in [2.45, 2.75) is 13.3 Å². The molecule has 0 aliphatic carbocycles. The molecule has 0 aromatic heterocycles. The fourth-order valence-corrected chi connectivity index (χ4v) is 1.46. The molecule has 0 atom stereocenters. The Bertz CT molecular complexity index is 500. The van der Waals surface area contributed by atoms with E-state index in [2.05, 4.69) is 5.16 Å². The number of para-hydroxylation sites is 1. The molecule has 0 radical (unpaired) electrons. The highest BCUT2D eigenvalue weighted by Gasteiger charge is 2.11. The summed E-state index contributed by atoms with van der Waals surface area (Å²) < 4.78 is 5.27. The van der Waals surface area contributed by atoms with Crippen molar-refractivity contribution in [1.82, 2.24) is 5.32 Å². The van der Waals surface area contributed by atoms with E-state index in [1.807, 2.05) is 12.2 Å². The van der Waals surface area contributed by atoms with E-state index in [-0.39, 0.29) is 6.61 Å². The first-order chi connectivity index (χ1) is 9.08. The average Bonchev–Trinajstić information content (AvgIpc) is 2.38. The normalized spacial score (nSPS) is 10.9. The molecule has 102 valence electrons. The number of nitrogens with two attached hydrogens (primary N) is 1. The molecule has 7 nitrogen and oxygen atoms in total.